The summed E-state index contributed by atoms with van der Waals surface area (Å²) in [6.07, 6.45) is 1.52. The van der Waals surface area contributed by atoms with Crippen LogP contribution in [0.3, 0.4) is 0 Å². The van der Waals surface area contributed by atoms with Gasteiger partial charge in [0, 0.05) is 24.3 Å². The van der Waals surface area contributed by atoms with Crippen LogP contribution in [0, 0.1) is 6.92 Å². The molecule has 2 aromatic heterocycles. The normalized spacial score (nSPS) is 11.3. The van der Waals surface area contributed by atoms with E-state index >= 15 is 0 Å². The molecule has 0 spiro atoms. The molecule has 3 aromatic rings. The average Bonchev–Trinajstić information content (AvgIpc) is 3.16. The van der Waals surface area contributed by atoms with Crippen molar-refractivity contribution in [2.75, 3.05) is 10.0 Å². The Morgan fingerprint density at radius 2 is 1.96 bits per heavy atom. The molecule has 0 atom stereocenters. The van der Waals surface area contributed by atoms with E-state index in [2.05, 4.69) is 20.1 Å². The fourth-order valence-electron chi connectivity index (χ4n) is 2.18. The van der Waals surface area contributed by atoms with Crippen molar-refractivity contribution in [2.24, 2.45) is 7.05 Å². The van der Waals surface area contributed by atoms with E-state index < -0.39 is 10.0 Å². The summed E-state index contributed by atoms with van der Waals surface area (Å²) >= 11 is 1.19. The second-order valence-corrected chi connectivity index (χ2v) is 7.79. The van der Waals surface area contributed by atoms with E-state index in [1.165, 1.54) is 46.5 Å². The van der Waals surface area contributed by atoms with E-state index in [0.29, 0.717) is 16.5 Å². The Hall–Kier alpha value is -2.72. The summed E-state index contributed by atoms with van der Waals surface area (Å²) in [6.45, 7) is 1.80. The molecule has 0 unspecified atom stereocenters. The maximum atomic E-state index is 12.3. The van der Waals surface area contributed by atoms with Gasteiger partial charge >= 0.3 is 0 Å². The number of hydrogen-bond donors (Lipinski definition) is 2. The molecule has 8 nitrogen and oxygen atoms in total. The lowest BCUT2D eigenvalue weighted by molar-refractivity contribution is 0.101. The van der Waals surface area contributed by atoms with Crippen LogP contribution in [0.25, 0.3) is 0 Å². The zero-order valence-corrected chi connectivity index (χ0v) is 15.1. The summed E-state index contributed by atoms with van der Waals surface area (Å²) < 4.78 is 28.4. The van der Waals surface area contributed by atoms with Crippen LogP contribution >= 0.6 is 11.3 Å². The quantitative estimate of drug-likeness (QED) is 0.709. The second-order valence-electron chi connectivity index (χ2n) is 5.22. The van der Waals surface area contributed by atoms with Crippen molar-refractivity contribution >= 4 is 38.1 Å². The molecule has 25 heavy (non-hydrogen) atoms. The number of rotatable bonds is 5. The van der Waals surface area contributed by atoms with Gasteiger partial charge in [-0.15, -0.1) is 11.3 Å². The number of amides is 1. The largest absolute Gasteiger partial charge is 0.321 e. The molecule has 0 saturated carbocycles. The van der Waals surface area contributed by atoms with Gasteiger partial charge in [0.1, 0.15) is 5.69 Å². The number of sulfonamides is 1. The molecule has 2 N–H and O–H groups in total. The standard InChI is InChI=1S/C15H15N5O3S2/c1-10-9-13(20(2)18-10)14(21)17-11-3-5-12(6-4-11)25(22,23)19-15-16-7-8-24-15/h3-9H,1-2H3,(H,16,19)(H,17,21). The molecule has 0 radical (unpaired) electrons. The molecule has 0 aliphatic heterocycles. The Bertz CT molecular complexity index is 992. The molecule has 0 aliphatic rings. The van der Waals surface area contributed by atoms with Crippen LogP contribution in [-0.2, 0) is 17.1 Å². The monoisotopic (exact) mass is 377 g/mol. The van der Waals surface area contributed by atoms with E-state index in [9.17, 15) is 13.2 Å². The van der Waals surface area contributed by atoms with Gasteiger partial charge in [-0.2, -0.15) is 5.10 Å². The van der Waals surface area contributed by atoms with Crippen molar-refractivity contribution in [1.82, 2.24) is 14.8 Å². The molecule has 10 heteroatoms. The summed E-state index contributed by atoms with van der Waals surface area (Å²) in [6, 6.07) is 7.56. The lowest BCUT2D eigenvalue weighted by Gasteiger charge is -2.08. The topological polar surface area (TPSA) is 106 Å². The van der Waals surface area contributed by atoms with Crippen LogP contribution in [-0.4, -0.2) is 29.1 Å². The molecule has 2 heterocycles. The molecule has 0 aliphatic carbocycles. The Morgan fingerprint density at radius 3 is 2.52 bits per heavy atom. The Kier molecular flexibility index (Phi) is 4.55. The molecular weight excluding hydrogens is 362 g/mol. The van der Waals surface area contributed by atoms with Crippen molar-refractivity contribution in [3.8, 4) is 0 Å². The first-order valence-corrected chi connectivity index (χ1v) is 9.56. The summed E-state index contributed by atoms with van der Waals surface area (Å²) in [4.78, 5) is 16.2. The van der Waals surface area contributed by atoms with Gasteiger partial charge in [0.25, 0.3) is 15.9 Å². The molecule has 1 aromatic carbocycles. The molecule has 1 amide bonds. The van der Waals surface area contributed by atoms with Crippen molar-refractivity contribution in [3.63, 3.8) is 0 Å². The first-order chi connectivity index (χ1) is 11.8. The third kappa shape index (κ3) is 3.86. The van der Waals surface area contributed by atoms with Gasteiger partial charge in [-0.05, 0) is 37.3 Å². The van der Waals surface area contributed by atoms with Crippen LogP contribution in [0.1, 0.15) is 16.2 Å². The lowest BCUT2D eigenvalue weighted by atomic mass is 10.3. The third-order valence-electron chi connectivity index (χ3n) is 3.31. The van der Waals surface area contributed by atoms with Gasteiger partial charge in [-0.1, -0.05) is 0 Å². The average molecular weight is 377 g/mol. The first-order valence-electron chi connectivity index (χ1n) is 7.19. The highest BCUT2D eigenvalue weighted by Gasteiger charge is 2.16. The van der Waals surface area contributed by atoms with E-state index in [1.54, 1.807) is 25.4 Å². The van der Waals surface area contributed by atoms with Crippen molar-refractivity contribution in [1.29, 1.82) is 0 Å². The van der Waals surface area contributed by atoms with Gasteiger partial charge in [-0.3, -0.25) is 14.2 Å². The number of aromatic nitrogens is 3. The summed E-state index contributed by atoms with van der Waals surface area (Å²) in [5.41, 5.74) is 1.64. The molecule has 0 bridgehead atoms. The zero-order valence-electron chi connectivity index (χ0n) is 13.4. The number of benzene rings is 1. The van der Waals surface area contributed by atoms with Crippen molar-refractivity contribution < 1.29 is 13.2 Å². The van der Waals surface area contributed by atoms with Crippen LogP contribution in [0.5, 0.6) is 0 Å². The number of thiazole rings is 1. The SMILES string of the molecule is Cc1cc(C(=O)Nc2ccc(S(=O)(=O)Nc3nccs3)cc2)n(C)n1. The smallest absolute Gasteiger partial charge is 0.273 e. The minimum Gasteiger partial charge on any atom is -0.321 e. The van der Waals surface area contributed by atoms with Crippen LogP contribution < -0.4 is 10.0 Å². The number of carbonyl (C=O) groups excluding carboxylic acids is 1. The van der Waals surface area contributed by atoms with Gasteiger partial charge in [0.2, 0.25) is 0 Å². The van der Waals surface area contributed by atoms with Gasteiger partial charge in [-0.25, -0.2) is 13.4 Å². The number of hydrogen-bond acceptors (Lipinski definition) is 6. The highest BCUT2D eigenvalue weighted by Crippen LogP contribution is 2.20. The van der Waals surface area contributed by atoms with Gasteiger partial charge < -0.3 is 5.32 Å². The lowest BCUT2D eigenvalue weighted by Crippen LogP contribution is -2.16. The van der Waals surface area contributed by atoms with Gasteiger partial charge in [0.05, 0.1) is 10.6 Å². The zero-order chi connectivity index (χ0) is 18.0. The molecule has 3 rings (SSSR count). The molecule has 0 fully saturated rings. The third-order valence-corrected chi connectivity index (χ3v) is 5.48. The number of anilines is 2. The summed E-state index contributed by atoms with van der Waals surface area (Å²) in [7, 11) is -2.03. The van der Waals surface area contributed by atoms with E-state index in [0.717, 1.165) is 5.69 Å². The van der Waals surface area contributed by atoms with E-state index in [-0.39, 0.29) is 10.8 Å². The van der Waals surface area contributed by atoms with E-state index in [4.69, 9.17) is 0 Å². The maximum absolute atomic E-state index is 12.3. The van der Waals surface area contributed by atoms with E-state index in [1.807, 2.05) is 0 Å². The fraction of sp³-hybridized carbons (Fsp3) is 0.133. The number of nitrogens with one attached hydrogen (secondary N) is 2. The minimum atomic E-state index is -3.71. The molecular formula is C15H15N5O3S2. The minimum absolute atomic E-state index is 0.0806. The predicted molar refractivity (Wildman–Crippen MR) is 95.3 cm³/mol. The van der Waals surface area contributed by atoms with Gasteiger partial charge in [0.15, 0.2) is 5.13 Å². The molecule has 130 valence electrons. The second kappa shape index (κ2) is 6.65. The van der Waals surface area contributed by atoms with Crippen molar-refractivity contribution in [3.05, 3.63) is 53.3 Å². The number of carbonyl (C=O) groups is 1. The number of nitrogens with zero attached hydrogens (tertiary/aromatic N) is 3. The fourth-order valence-corrected chi connectivity index (χ4v) is 3.97. The van der Waals surface area contributed by atoms with Crippen molar-refractivity contribution in [2.45, 2.75) is 11.8 Å². The Balaban J connectivity index is 1.74. The number of aryl methyl sites for hydroxylation is 2. The van der Waals surface area contributed by atoms with Crippen LogP contribution in [0.4, 0.5) is 10.8 Å². The van der Waals surface area contributed by atoms with Crippen LogP contribution in [0.2, 0.25) is 0 Å². The Morgan fingerprint density at radius 1 is 1.24 bits per heavy atom. The predicted octanol–water partition coefficient (Wildman–Crippen LogP) is 2.24. The summed E-state index contributed by atoms with van der Waals surface area (Å²) in [5, 5.41) is 8.80. The summed E-state index contributed by atoms with van der Waals surface area (Å²) in [5.74, 6) is -0.320. The Labute approximate surface area is 148 Å². The van der Waals surface area contributed by atoms with Crippen LogP contribution in [0.15, 0.2) is 46.8 Å². The maximum Gasteiger partial charge on any atom is 0.273 e. The molecule has 0 saturated heterocycles. The highest BCUT2D eigenvalue weighted by molar-refractivity contribution is 7.93. The first kappa shape index (κ1) is 17.1. The highest BCUT2D eigenvalue weighted by atomic mass is 32.2.